The zero-order chi connectivity index (χ0) is 12.9. The Bertz CT molecular complexity index is 225. The van der Waals surface area contributed by atoms with Crippen LogP contribution in [0, 0.1) is 0 Å². The molecule has 0 aliphatic carbocycles. The highest BCUT2D eigenvalue weighted by atomic mass is 19.4. The smallest absolute Gasteiger partial charge is 0.382 e. The molecular formula is C11H20F3NO2. The predicted octanol–water partition coefficient (Wildman–Crippen LogP) is 1.80. The van der Waals surface area contributed by atoms with Crippen molar-refractivity contribution in [2.24, 2.45) is 0 Å². The highest BCUT2D eigenvalue weighted by molar-refractivity contribution is 4.91. The molecule has 1 fully saturated rings. The summed E-state index contributed by atoms with van der Waals surface area (Å²) in [5.74, 6) is 0. The summed E-state index contributed by atoms with van der Waals surface area (Å²) in [6.45, 7) is 4.52. The Morgan fingerprint density at radius 2 is 1.88 bits per heavy atom. The zero-order valence-electron chi connectivity index (χ0n) is 10.1. The van der Waals surface area contributed by atoms with E-state index in [-0.39, 0.29) is 12.8 Å². The molecule has 0 atom stereocenters. The molecule has 1 aliphatic rings. The maximum atomic E-state index is 12.5. The predicted molar refractivity (Wildman–Crippen MR) is 57.8 cm³/mol. The van der Waals surface area contributed by atoms with E-state index in [1.165, 1.54) is 0 Å². The molecule has 0 aromatic carbocycles. The monoisotopic (exact) mass is 255 g/mol. The lowest BCUT2D eigenvalue weighted by Gasteiger charge is -2.39. The Hall–Kier alpha value is -0.330. The normalized spacial score (nSPS) is 21.7. The third-order valence-electron chi connectivity index (χ3n) is 3.18. The molecule has 6 heteroatoms. The second-order valence-electron chi connectivity index (χ2n) is 4.42. The van der Waals surface area contributed by atoms with Crippen LogP contribution in [0.1, 0.15) is 26.2 Å². The van der Waals surface area contributed by atoms with Crippen LogP contribution in [0.15, 0.2) is 0 Å². The van der Waals surface area contributed by atoms with Crippen molar-refractivity contribution >= 4 is 0 Å². The minimum atomic E-state index is -4.51. The topological polar surface area (TPSA) is 32.7 Å². The van der Waals surface area contributed by atoms with E-state index in [1.807, 2.05) is 11.8 Å². The molecule has 1 heterocycles. The van der Waals surface area contributed by atoms with E-state index in [0.29, 0.717) is 26.3 Å². The van der Waals surface area contributed by atoms with Gasteiger partial charge in [0.15, 0.2) is 5.60 Å². The van der Waals surface area contributed by atoms with Crippen molar-refractivity contribution in [2.45, 2.75) is 38.0 Å². The number of hydrogen-bond donors (Lipinski definition) is 1. The van der Waals surface area contributed by atoms with Crippen molar-refractivity contribution in [2.75, 3.05) is 32.8 Å². The lowest BCUT2D eigenvalue weighted by molar-refractivity contribution is -0.272. The van der Waals surface area contributed by atoms with Gasteiger partial charge in [-0.3, -0.25) is 0 Å². The van der Waals surface area contributed by atoms with Crippen LogP contribution in [0.2, 0.25) is 0 Å². The molecule has 0 saturated carbocycles. The highest BCUT2D eigenvalue weighted by Crippen LogP contribution is 2.38. The van der Waals surface area contributed by atoms with Crippen LogP contribution in [0.5, 0.6) is 0 Å². The summed E-state index contributed by atoms with van der Waals surface area (Å²) in [6.07, 6.45) is -4.15. The number of rotatable bonds is 5. The van der Waals surface area contributed by atoms with E-state index in [0.717, 1.165) is 13.0 Å². The second-order valence-corrected chi connectivity index (χ2v) is 4.42. The van der Waals surface area contributed by atoms with Crippen LogP contribution in [0.4, 0.5) is 13.2 Å². The fourth-order valence-electron chi connectivity index (χ4n) is 1.96. The average molecular weight is 255 g/mol. The summed E-state index contributed by atoms with van der Waals surface area (Å²) in [5, 5.41) is 9.46. The Kier molecular flexibility index (Phi) is 5.22. The largest absolute Gasteiger partial charge is 0.417 e. The molecule has 0 aromatic heterocycles. The molecule has 0 aromatic rings. The zero-order valence-corrected chi connectivity index (χ0v) is 10.1. The Morgan fingerprint density at radius 3 is 2.35 bits per heavy atom. The summed E-state index contributed by atoms with van der Waals surface area (Å²) >= 11 is 0. The number of halogens is 3. The van der Waals surface area contributed by atoms with Crippen molar-refractivity contribution in [3.05, 3.63) is 0 Å². The molecule has 0 spiro atoms. The molecule has 3 nitrogen and oxygen atoms in total. The first-order valence-electron chi connectivity index (χ1n) is 5.98. The van der Waals surface area contributed by atoms with Gasteiger partial charge in [-0.25, -0.2) is 0 Å². The quantitative estimate of drug-likeness (QED) is 0.760. The maximum absolute atomic E-state index is 12.5. The number of likely N-dealkylation sites (tertiary alicyclic amines) is 1. The third-order valence-corrected chi connectivity index (χ3v) is 3.18. The van der Waals surface area contributed by atoms with Gasteiger partial charge in [-0.05, 0) is 26.2 Å². The van der Waals surface area contributed by atoms with E-state index in [4.69, 9.17) is 4.74 Å². The van der Waals surface area contributed by atoms with Gasteiger partial charge in [0.25, 0.3) is 0 Å². The highest BCUT2D eigenvalue weighted by Gasteiger charge is 2.54. The Balaban J connectivity index is 2.26. The number of nitrogens with zero attached hydrogens (tertiary/aromatic N) is 1. The van der Waals surface area contributed by atoms with Gasteiger partial charge in [0.2, 0.25) is 0 Å². The summed E-state index contributed by atoms with van der Waals surface area (Å²) in [6, 6.07) is 0. The van der Waals surface area contributed by atoms with E-state index < -0.39 is 11.8 Å². The van der Waals surface area contributed by atoms with Crippen LogP contribution < -0.4 is 0 Å². The van der Waals surface area contributed by atoms with Crippen LogP contribution in [-0.4, -0.2) is 54.6 Å². The molecule has 0 unspecified atom stereocenters. The van der Waals surface area contributed by atoms with Crippen LogP contribution in [0.25, 0.3) is 0 Å². The first-order chi connectivity index (χ1) is 7.89. The fourth-order valence-corrected chi connectivity index (χ4v) is 1.96. The van der Waals surface area contributed by atoms with Crippen LogP contribution in [0.3, 0.4) is 0 Å². The molecule has 0 amide bonds. The van der Waals surface area contributed by atoms with Crippen molar-refractivity contribution < 1.29 is 23.0 Å². The number of aliphatic hydroxyl groups is 1. The van der Waals surface area contributed by atoms with E-state index in [2.05, 4.69) is 0 Å². The summed E-state index contributed by atoms with van der Waals surface area (Å²) in [4.78, 5) is 1.94. The lowest BCUT2D eigenvalue weighted by atomic mass is 9.91. The molecule has 17 heavy (non-hydrogen) atoms. The summed E-state index contributed by atoms with van der Waals surface area (Å²) in [7, 11) is 0. The molecule has 1 saturated heterocycles. The first-order valence-corrected chi connectivity index (χ1v) is 5.98. The van der Waals surface area contributed by atoms with E-state index in [1.54, 1.807) is 0 Å². The lowest BCUT2D eigenvalue weighted by Crippen LogP contribution is -2.53. The standard InChI is InChI=1S/C11H20F3NO2/c1-2-17-9-3-6-15-7-4-10(16,5-8-15)11(12,13)14/h16H,2-9H2,1H3. The first kappa shape index (κ1) is 14.7. The third kappa shape index (κ3) is 4.12. The fraction of sp³-hybridized carbons (Fsp3) is 1.00. The maximum Gasteiger partial charge on any atom is 0.417 e. The van der Waals surface area contributed by atoms with Crippen LogP contribution >= 0.6 is 0 Å². The van der Waals surface area contributed by atoms with E-state index in [9.17, 15) is 18.3 Å². The van der Waals surface area contributed by atoms with Gasteiger partial charge >= 0.3 is 6.18 Å². The van der Waals surface area contributed by atoms with Crippen molar-refractivity contribution in [3.63, 3.8) is 0 Å². The van der Waals surface area contributed by atoms with Gasteiger partial charge in [0.05, 0.1) is 0 Å². The Labute approximate surface area is 99.5 Å². The number of piperidine rings is 1. The van der Waals surface area contributed by atoms with Gasteiger partial charge in [-0.1, -0.05) is 0 Å². The molecule has 0 radical (unpaired) electrons. The van der Waals surface area contributed by atoms with Crippen molar-refractivity contribution in [1.29, 1.82) is 0 Å². The summed E-state index contributed by atoms with van der Waals surface area (Å²) in [5.41, 5.74) is -2.48. The van der Waals surface area contributed by atoms with Crippen LogP contribution in [-0.2, 0) is 4.74 Å². The van der Waals surface area contributed by atoms with Gasteiger partial charge < -0.3 is 14.7 Å². The molecule has 1 aliphatic heterocycles. The molecule has 0 bridgehead atoms. The van der Waals surface area contributed by atoms with E-state index >= 15 is 0 Å². The minimum Gasteiger partial charge on any atom is -0.382 e. The SMILES string of the molecule is CCOCCCN1CCC(O)(C(F)(F)F)CC1. The minimum absolute atomic E-state index is 0.231. The van der Waals surface area contributed by atoms with Gasteiger partial charge in [-0.15, -0.1) is 0 Å². The molecule has 1 rings (SSSR count). The molecule has 102 valence electrons. The number of ether oxygens (including phenoxy) is 1. The number of hydrogen-bond acceptors (Lipinski definition) is 3. The Morgan fingerprint density at radius 1 is 1.29 bits per heavy atom. The van der Waals surface area contributed by atoms with Gasteiger partial charge in [0.1, 0.15) is 0 Å². The van der Waals surface area contributed by atoms with Gasteiger partial charge in [0, 0.05) is 32.8 Å². The van der Waals surface area contributed by atoms with Crippen molar-refractivity contribution in [1.82, 2.24) is 4.90 Å². The van der Waals surface area contributed by atoms with Gasteiger partial charge in [-0.2, -0.15) is 13.2 Å². The summed E-state index contributed by atoms with van der Waals surface area (Å²) < 4.78 is 42.7. The average Bonchev–Trinajstić information content (AvgIpc) is 2.25. The molecular weight excluding hydrogens is 235 g/mol. The number of alkyl halides is 3. The molecule has 1 N–H and O–H groups in total. The second kappa shape index (κ2) is 6.02. The van der Waals surface area contributed by atoms with Crippen molar-refractivity contribution in [3.8, 4) is 0 Å².